The van der Waals surface area contributed by atoms with Crippen LogP contribution in [0.2, 0.25) is 0 Å². The molecular formula is C14H14FN3O3. The van der Waals surface area contributed by atoms with E-state index in [2.05, 4.69) is 10.3 Å². The van der Waals surface area contributed by atoms with Gasteiger partial charge in [0, 0.05) is 12.3 Å². The van der Waals surface area contributed by atoms with Crippen LogP contribution in [-0.2, 0) is 0 Å². The molecule has 110 valence electrons. The summed E-state index contributed by atoms with van der Waals surface area (Å²) in [6, 6.07) is 7.67. The SMILES string of the molecule is CC(Nc1ncccc1[N+](=O)[O-])C(O)c1ccc(F)cc1. The van der Waals surface area contributed by atoms with E-state index in [1.807, 2.05) is 0 Å². The van der Waals surface area contributed by atoms with Crippen LogP contribution in [0, 0.1) is 15.9 Å². The number of benzene rings is 1. The van der Waals surface area contributed by atoms with Crippen molar-refractivity contribution in [2.75, 3.05) is 5.32 Å². The zero-order chi connectivity index (χ0) is 15.4. The van der Waals surface area contributed by atoms with Crippen molar-refractivity contribution in [1.29, 1.82) is 0 Å². The number of aliphatic hydroxyl groups excluding tert-OH is 1. The van der Waals surface area contributed by atoms with E-state index in [9.17, 15) is 19.6 Å². The second-order valence-corrected chi connectivity index (χ2v) is 4.56. The van der Waals surface area contributed by atoms with Gasteiger partial charge < -0.3 is 10.4 Å². The van der Waals surface area contributed by atoms with Crippen molar-refractivity contribution in [3.63, 3.8) is 0 Å². The topological polar surface area (TPSA) is 88.3 Å². The highest BCUT2D eigenvalue weighted by molar-refractivity contribution is 5.55. The lowest BCUT2D eigenvalue weighted by atomic mass is 10.0. The van der Waals surface area contributed by atoms with Gasteiger partial charge in [-0.25, -0.2) is 9.37 Å². The number of pyridine rings is 1. The van der Waals surface area contributed by atoms with E-state index in [-0.39, 0.29) is 11.5 Å². The number of rotatable bonds is 5. The molecule has 0 aliphatic heterocycles. The molecule has 21 heavy (non-hydrogen) atoms. The molecule has 0 saturated heterocycles. The molecule has 2 aromatic rings. The molecule has 0 aliphatic rings. The lowest BCUT2D eigenvalue weighted by molar-refractivity contribution is -0.384. The van der Waals surface area contributed by atoms with E-state index in [1.54, 1.807) is 6.92 Å². The van der Waals surface area contributed by atoms with Crippen molar-refractivity contribution in [3.05, 3.63) is 64.1 Å². The average Bonchev–Trinajstić information content (AvgIpc) is 2.47. The van der Waals surface area contributed by atoms with Crippen molar-refractivity contribution >= 4 is 11.5 Å². The minimum Gasteiger partial charge on any atom is -0.386 e. The Kier molecular flexibility index (Phi) is 4.44. The van der Waals surface area contributed by atoms with Crippen molar-refractivity contribution < 1.29 is 14.4 Å². The van der Waals surface area contributed by atoms with Gasteiger partial charge in [0.25, 0.3) is 0 Å². The van der Waals surface area contributed by atoms with Gasteiger partial charge in [0.1, 0.15) is 5.82 Å². The molecule has 0 spiro atoms. The predicted molar refractivity (Wildman–Crippen MR) is 75.3 cm³/mol. The Bertz CT molecular complexity index is 634. The standard InChI is InChI=1S/C14H14FN3O3/c1-9(13(19)10-4-6-11(15)7-5-10)17-14-12(18(20)21)3-2-8-16-14/h2-9,13,19H,1H3,(H,16,17). The minimum absolute atomic E-state index is 0.0798. The smallest absolute Gasteiger partial charge is 0.311 e. The number of nitrogens with one attached hydrogen (secondary N) is 1. The first kappa shape index (κ1) is 14.9. The van der Waals surface area contributed by atoms with E-state index < -0.39 is 22.9 Å². The van der Waals surface area contributed by atoms with Gasteiger partial charge in [0.15, 0.2) is 0 Å². The predicted octanol–water partition coefficient (Wildman–Crippen LogP) is 2.66. The zero-order valence-corrected chi connectivity index (χ0v) is 11.2. The Morgan fingerprint density at radius 3 is 2.62 bits per heavy atom. The molecular weight excluding hydrogens is 277 g/mol. The summed E-state index contributed by atoms with van der Waals surface area (Å²) in [5.74, 6) is -0.317. The van der Waals surface area contributed by atoms with E-state index in [4.69, 9.17) is 0 Å². The third kappa shape index (κ3) is 3.51. The van der Waals surface area contributed by atoms with Crippen molar-refractivity contribution in [2.24, 2.45) is 0 Å². The van der Waals surface area contributed by atoms with Crippen LogP contribution < -0.4 is 5.32 Å². The molecule has 2 unspecified atom stereocenters. The summed E-state index contributed by atoms with van der Waals surface area (Å²) in [4.78, 5) is 14.3. The quantitative estimate of drug-likeness (QED) is 0.653. The number of halogens is 1. The summed E-state index contributed by atoms with van der Waals surface area (Å²) in [6.45, 7) is 1.66. The number of nitro groups is 1. The fourth-order valence-electron chi connectivity index (χ4n) is 1.90. The van der Waals surface area contributed by atoms with Crippen molar-refractivity contribution in [2.45, 2.75) is 19.1 Å². The number of hydrogen-bond donors (Lipinski definition) is 2. The van der Waals surface area contributed by atoms with E-state index in [0.29, 0.717) is 5.56 Å². The van der Waals surface area contributed by atoms with Gasteiger partial charge in [0.05, 0.1) is 17.1 Å². The Morgan fingerprint density at radius 1 is 1.33 bits per heavy atom. The van der Waals surface area contributed by atoms with Crippen LogP contribution in [0.4, 0.5) is 15.9 Å². The van der Waals surface area contributed by atoms with E-state index in [1.165, 1.54) is 42.6 Å². The van der Waals surface area contributed by atoms with E-state index in [0.717, 1.165) is 0 Å². The van der Waals surface area contributed by atoms with Crippen LogP contribution in [0.1, 0.15) is 18.6 Å². The fourth-order valence-corrected chi connectivity index (χ4v) is 1.90. The van der Waals surface area contributed by atoms with Gasteiger partial charge in [-0.2, -0.15) is 0 Å². The highest BCUT2D eigenvalue weighted by atomic mass is 19.1. The molecule has 2 N–H and O–H groups in total. The summed E-state index contributed by atoms with van der Waals surface area (Å²) in [5.41, 5.74) is 0.339. The van der Waals surface area contributed by atoms with Crippen LogP contribution in [0.25, 0.3) is 0 Å². The molecule has 1 heterocycles. The molecule has 1 aromatic heterocycles. The van der Waals surface area contributed by atoms with Crippen molar-refractivity contribution in [3.8, 4) is 0 Å². The van der Waals surface area contributed by atoms with E-state index >= 15 is 0 Å². The largest absolute Gasteiger partial charge is 0.386 e. The summed E-state index contributed by atoms with van der Waals surface area (Å²) < 4.78 is 12.9. The molecule has 0 bridgehead atoms. The van der Waals surface area contributed by atoms with Gasteiger partial charge in [-0.05, 0) is 30.7 Å². The first-order chi connectivity index (χ1) is 9.99. The summed E-state index contributed by atoms with van der Waals surface area (Å²) in [6.07, 6.45) is 0.471. The third-order valence-electron chi connectivity index (χ3n) is 3.03. The Labute approximate surface area is 120 Å². The number of hydrogen-bond acceptors (Lipinski definition) is 5. The number of aromatic nitrogens is 1. The fraction of sp³-hybridized carbons (Fsp3) is 0.214. The molecule has 7 heteroatoms. The Balaban J connectivity index is 2.16. The first-order valence-electron chi connectivity index (χ1n) is 6.28. The maximum atomic E-state index is 12.9. The normalized spacial score (nSPS) is 13.5. The van der Waals surface area contributed by atoms with Gasteiger partial charge in [-0.15, -0.1) is 0 Å². The molecule has 2 atom stereocenters. The van der Waals surface area contributed by atoms with Gasteiger partial charge in [-0.1, -0.05) is 12.1 Å². The lowest BCUT2D eigenvalue weighted by Gasteiger charge is -2.21. The highest BCUT2D eigenvalue weighted by Crippen LogP contribution is 2.25. The third-order valence-corrected chi connectivity index (χ3v) is 3.03. The van der Waals surface area contributed by atoms with Crippen LogP contribution in [0.5, 0.6) is 0 Å². The number of aliphatic hydroxyl groups is 1. The Hall–Kier alpha value is -2.54. The summed E-state index contributed by atoms with van der Waals surface area (Å²) in [7, 11) is 0. The van der Waals surface area contributed by atoms with Crippen LogP contribution >= 0.6 is 0 Å². The Morgan fingerprint density at radius 2 is 2.00 bits per heavy atom. The molecule has 0 saturated carbocycles. The number of nitrogens with zero attached hydrogens (tertiary/aromatic N) is 2. The highest BCUT2D eigenvalue weighted by Gasteiger charge is 2.21. The van der Waals surface area contributed by atoms with Crippen LogP contribution in [0.15, 0.2) is 42.6 Å². The van der Waals surface area contributed by atoms with Gasteiger partial charge >= 0.3 is 5.69 Å². The molecule has 0 fully saturated rings. The minimum atomic E-state index is -0.952. The second kappa shape index (κ2) is 6.27. The molecule has 1 aromatic carbocycles. The monoisotopic (exact) mass is 291 g/mol. The zero-order valence-electron chi connectivity index (χ0n) is 11.2. The molecule has 6 nitrogen and oxygen atoms in total. The summed E-state index contributed by atoms with van der Waals surface area (Å²) in [5, 5.41) is 23.9. The van der Waals surface area contributed by atoms with Crippen molar-refractivity contribution in [1.82, 2.24) is 4.98 Å². The van der Waals surface area contributed by atoms with Crippen LogP contribution in [-0.4, -0.2) is 21.1 Å². The average molecular weight is 291 g/mol. The molecule has 0 amide bonds. The van der Waals surface area contributed by atoms with Crippen LogP contribution in [0.3, 0.4) is 0 Å². The maximum absolute atomic E-state index is 12.9. The first-order valence-corrected chi connectivity index (χ1v) is 6.28. The van der Waals surface area contributed by atoms with Gasteiger partial charge in [0.2, 0.25) is 5.82 Å². The molecule has 2 rings (SSSR count). The molecule has 0 aliphatic carbocycles. The second-order valence-electron chi connectivity index (χ2n) is 4.56. The molecule has 0 radical (unpaired) electrons. The van der Waals surface area contributed by atoms with Gasteiger partial charge in [-0.3, -0.25) is 10.1 Å². The maximum Gasteiger partial charge on any atom is 0.311 e. The summed E-state index contributed by atoms with van der Waals surface area (Å²) >= 11 is 0. The number of anilines is 1. The lowest BCUT2D eigenvalue weighted by Crippen LogP contribution is -2.25.